The molecule has 0 spiro atoms. The predicted molar refractivity (Wildman–Crippen MR) is 67.2 cm³/mol. The van der Waals surface area contributed by atoms with Crippen molar-refractivity contribution in [2.24, 2.45) is 10.6 Å². The molecule has 0 aliphatic heterocycles. The molecular weight excluding hydrogens is 206 g/mol. The lowest BCUT2D eigenvalue weighted by Crippen LogP contribution is -2.43. The second kappa shape index (κ2) is 4.66. The fourth-order valence-corrected chi connectivity index (χ4v) is 1.94. The summed E-state index contributed by atoms with van der Waals surface area (Å²) in [5.41, 5.74) is -0.204. The monoisotopic (exact) mass is 231 g/mol. The van der Waals surface area contributed by atoms with E-state index in [1.807, 2.05) is 13.8 Å². The Hall–Kier alpha value is -0.353. The second-order valence-corrected chi connectivity index (χ2v) is 11.1. The third kappa shape index (κ3) is 4.80. The maximum Gasteiger partial charge on any atom is 0.192 e. The van der Waals surface area contributed by atoms with Crippen molar-refractivity contribution >= 4 is 14.5 Å². The van der Waals surface area contributed by atoms with Crippen LogP contribution in [0.1, 0.15) is 34.6 Å². The molecule has 0 aromatic heterocycles. The van der Waals surface area contributed by atoms with Gasteiger partial charge in [0.2, 0.25) is 0 Å². The van der Waals surface area contributed by atoms with Crippen LogP contribution in [0.3, 0.4) is 0 Å². The predicted octanol–water partition coefficient (Wildman–Crippen LogP) is 3.49. The Balaban J connectivity index is 4.39. The van der Waals surface area contributed by atoms with E-state index >= 15 is 0 Å². The van der Waals surface area contributed by atoms with E-state index < -0.39 is 8.32 Å². The van der Waals surface area contributed by atoms with Gasteiger partial charge in [-0.3, -0.25) is 0 Å². The number of oxime groups is 1. The van der Waals surface area contributed by atoms with Crippen molar-refractivity contribution in [1.29, 1.82) is 0 Å². The molecule has 15 heavy (non-hydrogen) atoms. The smallest absolute Gasteiger partial charge is 0.192 e. The third-order valence-electron chi connectivity index (χ3n) is 3.02. The molecule has 0 aliphatic rings. The van der Waals surface area contributed by atoms with E-state index in [0.717, 1.165) is 0 Å². The minimum absolute atomic E-state index is 0.204. The van der Waals surface area contributed by atoms with Gasteiger partial charge in [0, 0.05) is 12.0 Å². The summed E-state index contributed by atoms with van der Waals surface area (Å²) in [6.45, 7) is 15.7. The zero-order chi connectivity index (χ0) is 12.3. The quantitative estimate of drug-likeness (QED) is 0.348. The molecule has 0 aromatic carbocycles. The number of hydrogen-bond donors (Lipinski definition) is 1. The van der Waals surface area contributed by atoms with Crippen LogP contribution in [0, 0.1) is 5.41 Å². The van der Waals surface area contributed by atoms with Crippen molar-refractivity contribution in [3.05, 3.63) is 0 Å². The van der Waals surface area contributed by atoms with Crippen molar-refractivity contribution in [2.45, 2.75) is 52.8 Å². The average Bonchev–Trinajstić information content (AvgIpc) is 1.99. The van der Waals surface area contributed by atoms with E-state index in [4.69, 9.17) is 9.63 Å². The fraction of sp³-hybridized carbons (Fsp3) is 0.909. The molecule has 1 N–H and O–H groups in total. The zero-order valence-electron chi connectivity index (χ0n) is 11.1. The standard InChI is InChI=1S/C11H25NO2Si/c1-10(2,3)15(6,7)14-9-11(4,5)8-12-13/h8,13H,9H2,1-7H3. The SMILES string of the molecule is CC(C)(C=NO)CO[Si](C)(C)C(C)(C)C. The molecular formula is C11H25NO2Si. The van der Waals surface area contributed by atoms with Gasteiger partial charge in [0.15, 0.2) is 8.32 Å². The van der Waals surface area contributed by atoms with Crippen molar-refractivity contribution in [1.82, 2.24) is 0 Å². The summed E-state index contributed by atoms with van der Waals surface area (Å²) in [6.07, 6.45) is 1.53. The van der Waals surface area contributed by atoms with Crippen molar-refractivity contribution < 1.29 is 9.63 Å². The molecule has 0 rings (SSSR count). The first-order valence-corrected chi connectivity index (χ1v) is 8.25. The molecule has 0 amide bonds. The molecule has 0 atom stereocenters. The largest absolute Gasteiger partial charge is 0.416 e. The lowest BCUT2D eigenvalue weighted by atomic mass is 9.97. The summed E-state index contributed by atoms with van der Waals surface area (Å²) in [5, 5.41) is 11.8. The Bertz CT molecular complexity index is 229. The Morgan fingerprint density at radius 2 is 1.67 bits per heavy atom. The molecule has 0 radical (unpaired) electrons. The molecule has 90 valence electrons. The summed E-state index contributed by atoms with van der Waals surface area (Å²) >= 11 is 0. The number of hydrogen-bond acceptors (Lipinski definition) is 3. The van der Waals surface area contributed by atoms with Crippen LogP contribution in [-0.4, -0.2) is 26.3 Å². The van der Waals surface area contributed by atoms with Crippen LogP contribution in [0.4, 0.5) is 0 Å². The molecule has 0 saturated carbocycles. The Morgan fingerprint density at radius 3 is 2.00 bits per heavy atom. The molecule has 0 bridgehead atoms. The van der Waals surface area contributed by atoms with Gasteiger partial charge >= 0.3 is 0 Å². The summed E-state index contributed by atoms with van der Waals surface area (Å²) in [6, 6.07) is 0. The number of nitrogens with zero attached hydrogens (tertiary/aromatic N) is 1. The van der Waals surface area contributed by atoms with Crippen LogP contribution in [0.5, 0.6) is 0 Å². The van der Waals surface area contributed by atoms with E-state index in [9.17, 15) is 0 Å². The van der Waals surface area contributed by atoms with Crippen LogP contribution in [0.2, 0.25) is 18.1 Å². The first-order chi connectivity index (χ1) is 6.52. The zero-order valence-corrected chi connectivity index (χ0v) is 12.1. The maximum absolute atomic E-state index is 8.52. The van der Waals surface area contributed by atoms with Crippen LogP contribution in [-0.2, 0) is 4.43 Å². The minimum atomic E-state index is -1.69. The second-order valence-electron chi connectivity index (χ2n) is 6.28. The van der Waals surface area contributed by atoms with E-state index in [2.05, 4.69) is 39.0 Å². The van der Waals surface area contributed by atoms with Crippen molar-refractivity contribution in [3.63, 3.8) is 0 Å². The van der Waals surface area contributed by atoms with Gasteiger partial charge in [-0.15, -0.1) is 5.16 Å². The third-order valence-corrected chi connectivity index (χ3v) is 7.50. The van der Waals surface area contributed by atoms with Crippen molar-refractivity contribution in [2.75, 3.05) is 6.61 Å². The van der Waals surface area contributed by atoms with Crippen LogP contribution in [0.15, 0.2) is 5.16 Å². The summed E-state index contributed by atoms with van der Waals surface area (Å²) in [5.74, 6) is 0. The Morgan fingerprint density at radius 1 is 1.20 bits per heavy atom. The van der Waals surface area contributed by atoms with Gasteiger partial charge in [-0.2, -0.15) is 0 Å². The maximum atomic E-state index is 8.52. The van der Waals surface area contributed by atoms with Gasteiger partial charge in [0.25, 0.3) is 0 Å². The van der Waals surface area contributed by atoms with Crippen molar-refractivity contribution in [3.8, 4) is 0 Å². The molecule has 0 saturated heterocycles. The molecule has 0 unspecified atom stereocenters. The van der Waals surface area contributed by atoms with Gasteiger partial charge in [-0.25, -0.2) is 0 Å². The topological polar surface area (TPSA) is 41.8 Å². The van der Waals surface area contributed by atoms with Gasteiger partial charge in [0.05, 0.1) is 6.21 Å². The highest BCUT2D eigenvalue weighted by Gasteiger charge is 2.38. The summed E-state index contributed by atoms with van der Waals surface area (Å²) in [7, 11) is -1.69. The lowest BCUT2D eigenvalue weighted by Gasteiger charge is -2.38. The highest BCUT2D eigenvalue weighted by Crippen LogP contribution is 2.37. The van der Waals surface area contributed by atoms with E-state index in [0.29, 0.717) is 6.61 Å². The highest BCUT2D eigenvalue weighted by molar-refractivity contribution is 6.74. The normalized spacial score (nSPS) is 14.9. The van der Waals surface area contributed by atoms with Gasteiger partial charge in [-0.05, 0) is 18.1 Å². The minimum Gasteiger partial charge on any atom is -0.416 e. The highest BCUT2D eigenvalue weighted by atomic mass is 28.4. The van der Waals surface area contributed by atoms with E-state index in [-0.39, 0.29) is 10.5 Å². The fourth-order valence-electron chi connectivity index (χ4n) is 0.776. The molecule has 3 nitrogen and oxygen atoms in total. The lowest BCUT2D eigenvalue weighted by molar-refractivity contribution is 0.213. The van der Waals surface area contributed by atoms with E-state index in [1.54, 1.807) is 0 Å². The van der Waals surface area contributed by atoms with E-state index in [1.165, 1.54) is 6.21 Å². The van der Waals surface area contributed by atoms with Crippen LogP contribution >= 0.6 is 0 Å². The van der Waals surface area contributed by atoms with Crippen LogP contribution < -0.4 is 0 Å². The Kier molecular flexibility index (Phi) is 4.55. The Labute approximate surface area is 94.7 Å². The molecule has 0 fully saturated rings. The molecule has 0 heterocycles. The van der Waals surface area contributed by atoms with Gasteiger partial charge < -0.3 is 9.63 Å². The average molecular weight is 231 g/mol. The molecule has 0 aliphatic carbocycles. The van der Waals surface area contributed by atoms with Gasteiger partial charge in [-0.1, -0.05) is 34.6 Å². The van der Waals surface area contributed by atoms with Crippen LogP contribution in [0.25, 0.3) is 0 Å². The first-order valence-electron chi connectivity index (χ1n) is 5.34. The molecule has 4 heteroatoms. The summed E-state index contributed by atoms with van der Waals surface area (Å²) in [4.78, 5) is 0. The molecule has 0 aromatic rings. The first kappa shape index (κ1) is 14.6. The van der Waals surface area contributed by atoms with Gasteiger partial charge in [0.1, 0.15) is 0 Å². The summed E-state index contributed by atoms with van der Waals surface area (Å²) < 4.78 is 6.05. The number of rotatable bonds is 4.